The highest BCUT2D eigenvalue weighted by Gasteiger charge is 2.10. The molecule has 0 aliphatic rings. The molecule has 3 nitrogen and oxygen atoms in total. The number of anilines is 1. The largest absolute Gasteiger partial charge is 0.302 e. The Bertz CT molecular complexity index is 786. The van der Waals surface area contributed by atoms with Gasteiger partial charge in [-0.1, -0.05) is 60.1 Å². The molecular weight excluding hydrogens is 316 g/mol. The van der Waals surface area contributed by atoms with Gasteiger partial charge in [0.2, 0.25) is 5.91 Å². The van der Waals surface area contributed by atoms with Gasteiger partial charge in [0.05, 0.1) is 12.1 Å². The van der Waals surface area contributed by atoms with Crippen molar-refractivity contribution in [1.29, 1.82) is 0 Å². The van der Waals surface area contributed by atoms with Gasteiger partial charge in [0.15, 0.2) is 5.13 Å². The lowest BCUT2D eigenvalue weighted by Crippen LogP contribution is -2.14. The molecule has 0 unspecified atom stereocenters. The minimum absolute atomic E-state index is 0.0775. The van der Waals surface area contributed by atoms with Crippen LogP contribution in [0.5, 0.6) is 0 Å². The van der Waals surface area contributed by atoms with E-state index in [4.69, 9.17) is 11.6 Å². The van der Waals surface area contributed by atoms with E-state index >= 15 is 0 Å². The maximum atomic E-state index is 12.0. The van der Waals surface area contributed by atoms with E-state index in [2.05, 4.69) is 10.3 Å². The fourth-order valence-corrected chi connectivity index (χ4v) is 3.03. The summed E-state index contributed by atoms with van der Waals surface area (Å²) in [7, 11) is 0. The second-order valence-corrected chi connectivity index (χ2v) is 5.99. The van der Waals surface area contributed by atoms with Crippen LogP contribution in [0.25, 0.3) is 11.3 Å². The van der Waals surface area contributed by atoms with E-state index in [1.54, 1.807) is 0 Å². The number of thiazole rings is 1. The molecule has 1 aromatic heterocycles. The van der Waals surface area contributed by atoms with Gasteiger partial charge in [-0.2, -0.15) is 0 Å². The fraction of sp³-hybridized carbons (Fsp3) is 0.0588. The lowest BCUT2D eigenvalue weighted by atomic mass is 10.1. The van der Waals surface area contributed by atoms with E-state index in [0.717, 1.165) is 16.8 Å². The first-order chi connectivity index (χ1) is 10.7. The Morgan fingerprint density at radius 1 is 1.09 bits per heavy atom. The zero-order valence-corrected chi connectivity index (χ0v) is 13.2. The van der Waals surface area contributed by atoms with Crippen LogP contribution in [0.1, 0.15) is 5.56 Å². The summed E-state index contributed by atoms with van der Waals surface area (Å²) >= 11 is 7.55. The molecule has 3 rings (SSSR count). The third-order valence-corrected chi connectivity index (χ3v) is 4.20. The lowest BCUT2D eigenvalue weighted by Gasteiger charge is -2.02. The Hall–Kier alpha value is -2.17. The molecule has 0 spiro atoms. The number of nitrogens with one attached hydrogen (secondary N) is 1. The number of amides is 1. The van der Waals surface area contributed by atoms with Crippen LogP contribution in [-0.4, -0.2) is 10.9 Å². The average molecular weight is 329 g/mol. The normalized spacial score (nSPS) is 10.4. The van der Waals surface area contributed by atoms with Gasteiger partial charge in [-0.05, 0) is 11.6 Å². The summed E-state index contributed by atoms with van der Waals surface area (Å²) in [6.07, 6.45) is 0.335. The summed E-state index contributed by atoms with van der Waals surface area (Å²) in [6, 6.07) is 17.1. The van der Waals surface area contributed by atoms with Crippen LogP contribution in [0.4, 0.5) is 5.13 Å². The molecule has 0 atom stereocenters. The summed E-state index contributed by atoms with van der Waals surface area (Å²) < 4.78 is 0. The van der Waals surface area contributed by atoms with Gasteiger partial charge in [-0.15, -0.1) is 11.3 Å². The van der Waals surface area contributed by atoms with Gasteiger partial charge in [-0.25, -0.2) is 4.98 Å². The Kier molecular flexibility index (Phi) is 4.51. The van der Waals surface area contributed by atoms with Crippen molar-refractivity contribution in [3.05, 3.63) is 70.6 Å². The number of nitrogens with zero attached hydrogens (tertiary/aromatic N) is 1. The van der Waals surface area contributed by atoms with Crippen LogP contribution in [0.2, 0.25) is 5.02 Å². The lowest BCUT2D eigenvalue weighted by molar-refractivity contribution is -0.115. The van der Waals surface area contributed by atoms with Crippen LogP contribution in [0.3, 0.4) is 0 Å². The van der Waals surface area contributed by atoms with Gasteiger partial charge in [-0.3, -0.25) is 4.79 Å². The third-order valence-electron chi connectivity index (χ3n) is 3.11. The molecule has 1 amide bonds. The molecule has 0 saturated heterocycles. The van der Waals surface area contributed by atoms with Crippen molar-refractivity contribution in [3.8, 4) is 11.3 Å². The average Bonchev–Trinajstić information content (AvgIpc) is 2.97. The van der Waals surface area contributed by atoms with E-state index in [-0.39, 0.29) is 5.91 Å². The molecule has 0 fully saturated rings. The monoisotopic (exact) mass is 328 g/mol. The Morgan fingerprint density at radius 3 is 2.59 bits per heavy atom. The fourth-order valence-electron chi connectivity index (χ4n) is 2.07. The SMILES string of the molecule is O=C(Cc1ccccc1)Nc1nc(-c2ccccc2Cl)cs1. The number of carbonyl (C=O) groups excluding carboxylic acids is 1. The Balaban J connectivity index is 1.70. The molecule has 3 aromatic rings. The highest BCUT2D eigenvalue weighted by Crippen LogP contribution is 2.30. The van der Waals surface area contributed by atoms with Crippen LogP contribution < -0.4 is 5.32 Å². The van der Waals surface area contributed by atoms with E-state index < -0.39 is 0 Å². The van der Waals surface area contributed by atoms with Gasteiger partial charge in [0.25, 0.3) is 0 Å². The third kappa shape index (κ3) is 3.53. The summed E-state index contributed by atoms with van der Waals surface area (Å²) in [5, 5.41) is 5.94. The zero-order valence-electron chi connectivity index (χ0n) is 11.6. The number of hydrogen-bond donors (Lipinski definition) is 1. The van der Waals surface area contributed by atoms with Crippen molar-refractivity contribution < 1.29 is 4.79 Å². The smallest absolute Gasteiger partial charge is 0.230 e. The highest BCUT2D eigenvalue weighted by atomic mass is 35.5. The van der Waals surface area contributed by atoms with Crippen molar-refractivity contribution >= 4 is 34.0 Å². The maximum Gasteiger partial charge on any atom is 0.230 e. The van der Waals surface area contributed by atoms with E-state index in [1.165, 1.54) is 11.3 Å². The molecule has 0 bridgehead atoms. The second-order valence-electron chi connectivity index (χ2n) is 4.73. The molecule has 0 aliphatic heterocycles. The Morgan fingerprint density at radius 2 is 1.82 bits per heavy atom. The van der Waals surface area contributed by atoms with E-state index in [0.29, 0.717) is 16.6 Å². The minimum atomic E-state index is -0.0775. The van der Waals surface area contributed by atoms with Gasteiger partial charge in [0, 0.05) is 16.0 Å². The van der Waals surface area contributed by atoms with Gasteiger partial charge >= 0.3 is 0 Å². The summed E-state index contributed by atoms with van der Waals surface area (Å²) in [5.41, 5.74) is 2.61. The highest BCUT2D eigenvalue weighted by molar-refractivity contribution is 7.14. The minimum Gasteiger partial charge on any atom is -0.302 e. The van der Waals surface area contributed by atoms with Gasteiger partial charge < -0.3 is 5.32 Å². The number of rotatable bonds is 4. The van der Waals surface area contributed by atoms with Crippen LogP contribution in [-0.2, 0) is 11.2 Å². The molecular formula is C17H13ClN2OS. The van der Waals surface area contributed by atoms with Crippen molar-refractivity contribution in [2.24, 2.45) is 0 Å². The molecule has 110 valence electrons. The van der Waals surface area contributed by atoms with Crippen molar-refractivity contribution in [2.75, 3.05) is 5.32 Å². The predicted molar refractivity (Wildman–Crippen MR) is 91.3 cm³/mol. The first-order valence-corrected chi connectivity index (χ1v) is 8.02. The quantitative estimate of drug-likeness (QED) is 0.757. The predicted octanol–water partition coefficient (Wildman–Crippen LogP) is 4.64. The molecule has 2 aromatic carbocycles. The first kappa shape index (κ1) is 14.8. The second kappa shape index (κ2) is 6.73. The maximum absolute atomic E-state index is 12.0. The van der Waals surface area contributed by atoms with Crippen molar-refractivity contribution in [2.45, 2.75) is 6.42 Å². The number of hydrogen-bond acceptors (Lipinski definition) is 3. The number of halogens is 1. The molecule has 0 radical (unpaired) electrons. The van der Waals surface area contributed by atoms with E-state index in [1.807, 2.05) is 60.0 Å². The van der Waals surface area contributed by atoms with Crippen molar-refractivity contribution in [3.63, 3.8) is 0 Å². The molecule has 1 heterocycles. The Labute approximate surface area is 137 Å². The molecule has 0 aliphatic carbocycles. The number of aromatic nitrogens is 1. The molecule has 0 saturated carbocycles. The van der Waals surface area contributed by atoms with Crippen molar-refractivity contribution in [1.82, 2.24) is 4.98 Å². The van der Waals surface area contributed by atoms with Crippen LogP contribution in [0.15, 0.2) is 60.0 Å². The number of benzene rings is 2. The standard InChI is InChI=1S/C17H13ClN2OS/c18-14-9-5-4-8-13(14)15-11-22-17(19-15)20-16(21)10-12-6-2-1-3-7-12/h1-9,11H,10H2,(H,19,20,21). The van der Waals surface area contributed by atoms with Gasteiger partial charge in [0.1, 0.15) is 0 Å². The summed E-state index contributed by atoms with van der Waals surface area (Å²) in [4.78, 5) is 16.4. The summed E-state index contributed by atoms with van der Waals surface area (Å²) in [6.45, 7) is 0. The van der Waals surface area contributed by atoms with Crippen LogP contribution in [0, 0.1) is 0 Å². The topological polar surface area (TPSA) is 42.0 Å². The molecule has 22 heavy (non-hydrogen) atoms. The van der Waals surface area contributed by atoms with Crippen LogP contribution >= 0.6 is 22.9 Å². The molecule has 1 N–H and O–H groups in total. The zero-order chi connectivity index (χ0) is 15.4. The van der Waals surface area contributed by atoms with E-state index in [9.17, 15) is 4.79 Å². The molecule has 5 heteroatoms. The number of carbonyl (C=O) groups is 1. The first-order valence-electron chi connectivity index (χ1n) is 6.76. The summed E-state index contributed by atoms with van der Waals surface area (Å²) in [5.74, 6) is -0.0775.